The molecule has 4 aromatic rings. The van der Waals surface area contributed by atoms with Gasteiger partial charge in [0.25, 0.3) is 0 Å². The lowest BCUT2D eigenvalue weighted by Crippen LogP contribution is -2.48. The number of benzene rings is 1. The second-order valence-electron chi connectivity index (χ2n) is 8.86. The maximum atomic E-state index is 12.3. The summed E-state index contributed by atoms with van der Waals surface area (Å²) in [6.07, 6.45) is 3.45. The van der Waals surface area contributed by atoms with Gasteiger partial charge in [-0.15, -0.1) is 24.0 Å². The lowest BCUT2D eigenvalue weighted by atomic mass is 10.1. The number of anilines is 2. The molecule has 1 aliphatic heterocycles. The number of H-pyrrole nitrogens is 1. The number of carbonyl (C=O) groups excluding carboxylic acids is 1. The number of hydrogen-bond donors (Lipinski definition) is 3. The summed E-state index contributed by atoms with van der Waals surface area (Å²) < 4.78 is 0. The van der Waals surface area contributed by atoms with Gasteiger partial charge in [-0.2, -0.15) is 0 Å². The number of aromatic nitrogens is 4. The molecule has 3 aromatic heterocycles. The molecule has 1 fully saturated rings. The fourth-order valence-corrected chi connectivity index (χ4v) is 5.16. The van der Waals surface area contributed by atoms with Crippen LogP contribution in [-0.2, 0) is 11.3 Å². The van der Waals surface area contributed by atoms with E-state index in [0.717, 1.165) is 60.2 Å². The molecule has 0 radical (unpaired) electrons. The molecule has 0 bridgehead atoms. The van der Waals surface area contributed by atoms with Crippen molar-refractivity contribution in [3.63, 3.8) is 0 Å². The monoisotopic (exact) mass is 508 g/mol. The Morgan fingerprint density at radius 2 is 1.94 bits per heavy atom. The third kappa shape index (κ3) is 5.48. The molecular weight excluding hydrogens is 480 g/mol. The Morgan fingerprint density at radius 3 is 2.63 bits per heavy atom. The fraction of sp³-hybridized carbons (Fsp3) is 0.333. The van der Waals surface area contributed by atoms with Gasteiger partial charge in [0.2, 0.25) is 5.91 Å². The van der Waals surface area contributed by atoms with Crippen LogP contribution in [0.2, 0.25) is 0 Å². The molecule has 2 N–H and O–H groups in total. The van der Waals surface area contributed by atoms with E-state index < -0.39 is 0 Å². The standard InChI is InChI=1S/C24H28N8OS2/c1-30(2)14-16-3-5-17(6-4-16)22-28-20-21(18(34)13-26-23(20)29-22)32-10-8-31(9-11-32)15-19(33)27-24-25-7-12-35-24/h3-7,12-13,34H,8-11,14-15H2,1-2H3,(H,25,27,33)(H,26,28,29). The number of rotatable bonds is 7. The van der Waals surface area contributed by atoms with Crippen LogP contribution in [0.5, 0.6) is 0 Å². The van der Waals surface area contributed by atoms with Gasteiger partial charge in [-0.05, 0) is 19.7 Å². The van der Waals surface area contributed by atoms with Crippen LogP contribution in [0.3, 0.4) is 0 Å². The Hall–Kier alpha value is -2.99. The number of imidazole rings is 1. The summed E-state index contributed by atoms with van der Waals surface area (Å²) >= 11 is 6.13. The zero-order valence-corrected chi connectivity index (χ0v) is 21.4. The largest absolute Gasteiger partial charge is 0.366 e. The molecule has 0 unspecified atom stereocenters. The first-order chi connectivity index (χ1) is 17.0. The van der Waals surface area contributed by atoms with Crippen LogP contribution in [0.4, 0.5) is 10.8 Å². The molecule has 35 heavy (non-hydrogen) atoms. The van der Waals surface area contributed by atoms with E-state index in [2.05, 4.69) is 73.3 Å². The van der Waals surface area contributed by atoms with Gasteiger partial charge in [0, 0.05) is 61.0 Å². The molecule has 5 rings (SSSR count). The van der Waals surface area contributed by atoms with Crippen molar-refractivity contribution in [3.05, 3.63) is 47.6 Å². The average Bonchev–Trinajstić information content (AvgIpc) is 3.50. The normalized spacial score (nSPS) is 14.7. The number of amides is 1. The summed E-state index contributed by atoms with van der Waals surface area (Å²) in [6.45, 7) is 4.36. The molecule has 1 saturated heterocycles. The van der Waals surface area contributed by atoms with E-state index in [4.69, 9.17) is 17.6 Å². The van der Waals surface area contributed by atoms with E-state index in [1.165, 1.54) is 16.9 Å². The lowest BCUT2D eigenvalue weighted by molar-refractivity contribution is -0.117. The Bertz CT molecular complexity index is 1300. The molecule has 1 aliphatic rings. The number of nitrogens with one attached hydrogen (secondary N) is 2. The maximum Gasteiger partial charge on any atom is 0.240 e. The van der Waals surface area contributed by atoms with E-state index in [1.54, 1.807) is 12.4 Å². The minimum atomic E-state index is -0.0376. The second-order valence-corrected chi connectivity index (χ2v) is 10.2. The maximum absolute atomic E-state index is 12.3. The molecule has 11 heteroatoms. The summed E-state index contributed by atoms with van der Waals surface area (Å²) in [5.41, 5.74) is 4.85. The number of nitrogens with zero attached hydrogens (tertiary/aromatic N) is 6. The van der Waals surface area contributed by atoms with Crippen LogP contribution in [-0.4, -0.2) is 82.5 Å². The van der Waals surface area contributed by atoms with Crippen molar-refractivity contribution in [1.29, 1.82) is 0 Å². The summed E-state index contributed by atoms with van der Waals surface area (Å²) in [4.78, 5) is 36.6. The predicted molar refractivity (Wildman–Crippen MR) is 143 cm³/mol. The first-order valence-electron chi connectivity index (χ1n) is 11.4. The SMILES string of the molecule is CN(C)Cc1ccc(-c2nc3ncc(S)c(N4CCN(CC(=O)Nc5nccs5)CC4)c3[nH]2)cc1. The Balaban J connectivity index is 1.29. The lowest BCUT2D eigenvalue weighted by Gasteiger charge is -2.36. The molecule has 0 saturated carbocycles. The molecule has 1 amide bonds. The molecule has 1 aromatic carbocycles. The molecule has 4 heterocycles. The van der Waals surface area contributed by atoms with Crippen LogP contribution >= 0.6 is 24.0 Å². The first kappa shape index (κ1) is 23.7. The van der Waals surface area contributed by atoms with Crippen molar-refractivity contribution in [1.82, 2.24) is 29.7 Å². The highest BCUT2D eigenvalue weighted by Crippen LogP contribution is 2.33. The fourth-order valence-electron chi connectivity index (χ4n) is 4.30. The molecule has 0 aliphatic carbocycles. The van der Waals surface area contributed by atoms with Crippen molar-refractivity contribution >= 4 is 51.9 Å². The zero-order chi connectivity index (χ0) is 24.4. The van der Waals surface area contributed by atoms with Crippen molar-refractivity contribution in [3.8, 4) is 11.4 Å². The highest BCUT2D eigenvalue weighted by Gasteiger charge is 2.24. The highest BCUT2D eigenvalue weighted by atomic mass is 32.1. The number of fused-ring (bicyclic) bond motifs is 1. The molecule has 0 spiro atoms. The Labute approximate surface area is 213 Å². The van der Waals surface area contributed by atoms with Gasteiger partial charge in [-0.25, -0.2) is 15.0 Å². The van der Waals surface area contributed by atoms with Crippen LogP contribution in [0.15, 0.2) is 46.9 Å². The number of thiazole rings is 1. The molecule has 9 nitrogen and oxygen atoms in total. The Morgan fingerprint density at radius 1 is 1.17 bits per heavy atom. The smallest absolute Gasteiger partial charge is 0.240 e. The van der Waals surface area contributed by atoms with E-state index in [0.29, 0.717) is 17.3 Å². The number of aromatic amines is 1. The van der Waals surface area contributed by atoms with Gasteiger partial charge in [-0.1, -0.05) is 24.3 Å². The summed E-state index contributed by atoms with van der Waals surface area (Å²) in [6, 6.07) is 8.44. The van der Waals surface area contributed by atoms with Gasteiger partial charge in [0.1, 0.15) is 11.3 Å². The topological polar surface area (TPSA) is 93.3 Å². The molecular formula is C24H28N8OS2. The number of thiol groups is 1. The highest BCUT2D eigenvalue weighted by molar-refractivity contribution is 7.80. The van der Waals surface area contributed by atoms with Crippen LogP contribution in [0.1, 0.15) is 5.56 Å². The zero-order valence-electron chi connectivity index (χ0n) is 19.7. The minimum absolute atomic E-state index is 0.0376. The third-order valence-corrected chi connectivity index (χ3v) is 6.95. The third-order valence-electron chi connectivity index (χ3n) is 5.93. The Kier molecular flexibility index (Phi) is 7.00. The first-order valence-corrected chi connectivity index (χ1v) is 12.8. The second kappa shape index (κ2) is 10.3. The minimum Gasteiger partial charge on any atom is -0.366 e. The van der Waals surface area contributed by atoms with Crippen LogP contribution in [0.25, 0.3) is 22.6 Å². The predicted octanol–water partition coefficient (Wildman–Crippen LogP) is 3.19. The van der Waals surface area contributed by atoms with E-state index >= 15 is 0 Å². The van der Waals surface area contributed by atoms with Crippen molar-refractivity contribution in [2.75, 3.05) is 57.0 Å². The van der Waals surface area contributed by atoms with Crippen LogP contribution in [0, 0.1) is 0 Å². The number of carbonyl (C=O) groups is 1. The summed E-state index contributed by atoms with van der Waals surface area (Å²) in [5.74, 6) is 0.756. The molecule has 182 valence electrons. The number of pyridine rings is 1. The van der Waals surface area contributed by atoms with Crippen LogP contribution < -0.4 is 10.2 Å². The number of piperazine rings is 1. The van der Waals surface area contributed by atoms with Gasteiger partial charge in [-0.3, -0.25) is 9.69 Å². The summed E-state index contributed by atoms with van der Waals surface area (Å²) in [5, 5.41) is 5.33. The van der Waals surface area contributed by atoms with E-state index in [1.807, 2.05) is 5.38 Å². The molecule has 0 atom stereocenters. The van der Waals surface area contributed by atoms with E-state index in [-0.39, 0.29) is 5.91 Å². The van der Waals surface area contributed by atoms with Crippen molar-refractivity contribution in [2.24, 2.45) is 0 Å². The van der Waals surface area contributed by atoms with E-state index in [9.17, 15) is 4.79 Å². The number of hydrogen-bond acceptors (Lipinski definition) is 9. The van der Waals surface area contributed by atoms with Crippen molar-refractivity contribution in [2.45, 2.75) is 11.4 Å². The van der Waals surface area contributed by atoms with Gasteiger partial charge >= 0.3 is 0 Å². The van der Waals surface area contributed by atoms with Gasteiger partial charge < -0.3 is 20.1 Å². The van der Waals surface area contributed by atoms with Gasteiger partial charge in [0.15, 0.2) is 10.8 Å². The summed E-state index contributed by atoms with van der Waals surface area (Å²) in [7, 11) is 4.12. The van der Waals surface area contributed by atoms with Crippen molar-refractivity contribution < 1.29 is 4.79 Å². The van der Waals surface area contributed by atoms with Gasteiger partial charge in [0.05, 0.1) is 12.2 Å². The average molecular weight is 509 g/mol. The quantitative estimate of drug-likeness (QED) is 0.330.